The first-order valence-corrected chi connectivity index (χ1v) is 6.71. The topological polar surface area (TPSA) is 29.5 Å². The molecule has 0 saturated carbocycles. The molecule has 3 nitrogen and oxygen atoms in total. The smallest absolute Gasteiger partial charge is 0.323 e. The minimum atomic E-state index is -0.0715. The summed E-state index contributed by atoms with van der Waals surface area (Å²) in [7, 11) is 0. The van der Waals surface area contributed by atoms with Crippen LogP contribution in [0.2, 0.25) is 0 Å². The van der Waals surface area contributed by atoms with E-state index in [0.717, 1.165) is 19.4 Å². The van der Waals surface area contributed by atoms with Crippen molar-refractivity contribution in [3.63, 3.8) is 0 Å². The fourth-order valence-electron chi connectivity index (χ4n) is 2.67. The Morgan fingerprint density at radius 3 is 2.83 bits per heavy atom. The number of nitrogens with zero attached hydrogens (tertiary/aromatic N) is 1. The monoisotopic (exact) mass is 247 g/mol. The van der Waals surface area contributed by atoms with Gasteiger partial charge in [0.25, 0.3) is 0 Å². The van der Waals surface area contributed by atoms with Crippen molar-refractivity contribution in [2.24, 2.45) is 0 Å². The Morgan fingerprint density at radius 1 is 1.44 bits per heavy atom. The number of carbonyl (C=O) groups excluding carboxylic acids is 1. The minimum absolute atomic E-state index is 0.0693. The molecule has 1 aromatic carbocycles. The van der Waals surface area contributed by atoms with Gasteiger partial charge in [-0.05, 0) is 38.8 Å². The van der Waals surface area contributed by atoms with E-state index in [-0.39, 0.29) is 18.1 Å². The zero-order valence-corrected chi connectivity index (χ0v) is 11.1. The van der Waals surface area contributed by atoms with Crippen LogP contribution in [0.25, 0.3) is 0 Å². The van der Waals surface area contributed by atoms with Crippen LogP contribution in [0.15, 0.2) is 30.3 Å². The van der Waals surface area contributed by atoms with Gasteiger partial charge in [0.05, 0.1) is 6.61 Å². The highest BCUT2D eigenvalue weighted by Crippen LogP contribution is 2.29. The van der Waals surface area contributed by atoms with Crippen LogP contribution in [0.3, 0.4) is 0 Å². The van der Waals surface area contributed by atoms with E-state index >= 15 is 0 Å². The summed E-state index contributed by atoms with van der Waals surface area (Å²) in [6.45, 7) is 5.45. The third-order valence-corrected chi connectivity index (χ3v) is 3.63. The predicted octanol–water partition coefficient (Wildman–Crippen LogP) is 2.78. The van der Waals surface area contributed by atoms with E-state index in [9.17, 15) is 4.79 Å². The molecule has 0 aromatic heterocycles. The van der Waals surface area contributed by atoms with Gasteiger partial charge < -0.3 is 4.74 Å². The number of ether oxygens (including phenoxy) is 1. The van der Waals surface area contributed by atoms with Crippen LogP contribution in [0.4, 0.5) is 0 Å². The van der Waals surface area contributed by atoms with Crippen molar-refractivity contribution in [2.45, 2.75) is 38.8 Å². The van der Waals surface area contributed by atoms with Crippen LogP contribution in [0.1, 0.15) is 38.3 Å². The van der Waals surface area contributed by atoms with E-state index in [2.05, 4.69) is 24.0 Å². The third kappa shape index (κ3) is 2.72. The van der Waals surface area contributed by atoms with Gasteiger partial charge in [-0.3, -0.25) is 9.69 Å². The Kier molecular flexibility index (Phi) is 4.37. The second-order valence-corrected chi connectivity index (χ2v) is 4.73. The second kappa shape index (κ2) is 6.01. The van der Waals surface area contributed by atoms with E-state index in [1.165, 1.54) is 5.56 Å². The minimum Gasteiger partial charge on any atom is -0.465 e. The number of hydrogen-bond acceptors (Lipinski definition) is 3. The number of likely N-dealkylation sites (tertiary alicyclic amines) is 1. The maximum atomic E-state index is 11.9. The summed E-state index contributed by atoms with van der Waals surface area (Å²) in [5.41, 5.74) is 1.26. The van der Waals surface area contributed by atoms with E-state index in [1.807, 2.05) is 25.1 Å². The quantitative estimate of drug-likeness (QED) is 0.766. The van der Waals surface area contributed by atoms with Gasteiger partial charge >= 0.3 is 5.97 Å². The van der Waals surface area contributed by atoms with Crippen LogP contribution < -0.4 is 0 Å². The molecular formula is C15H21NO2. The molecule has 2 rings (SSSR count). The van der Waals surface area contributed by atoms with Gasteiger partial charge in [-0.25, -0.2) is 0 Å². The molecule has 0 spiro atoms. The van der Waals surface area contributed by atoms with Crippen molar-refractivity contribution in [1.82, 2.24) is 4.90 Å². The molecule has 0 aliphatic carbocycles. The normalized spacial score (nSPS) is 21.8. The lowest BCUT2D eigenvalue weighted by atomic mass is 10.1. The third-order valence-electron chi connectivity index (χ3n) is 3.63. The van der Waals surface area contributed by atoms with Crippen molar-refractivity contribution < 1.29 is 9.53 Å². The van der Waals surface area contributed by atoms with Crippen molar-refractivity contribution in [1.29, 1.82) is 0 Å². The van der Waals surface area contributed by atoms with Crippen LogP contribution in [0.5, 0.6) is 0 Å². The molecular weight excluding hydrogens is 226 g/mol. The molecule has 1 fully saturated rings. The molecule has 1 aromatic rings. The summed E-state index contributed by atoms with van der Waals surface area (Å²) in [4.78, 5) is 14.2. The first-order valence-electron chi connectivity index (χ1n) is 6.71. The molecule has 1 saturated heterocycles. The maximum absolute atomic E-state index is 11.9. The molecule has 0 radical (unpaired) electrons. The van der Waals surface area contributed by atoms with Gasteiger partial charge in [-0.15, -0.1) is 0 Å². The van der Waals surface area contributed by atoms with E-state index < -0.39 is 0 Å². The Balaban J connectivity index is 2.09. The Hall–Kier alpha value is -1.35. The molecule has 0 amide bonds. The van der Waals surface area contributed by atoms with Crippen LogP contribution in [0, 0.1) is 0 Å². The highest BCUT2D eigenvalue weighted by atomic mass is 16.5. The summed E-state index contributed by atoms with van der Waals surface area (Å²) < 4.78 is 5.16. The molecule has 1 aliphatic rings. The van der Waals surface area contributed by atoms with Crippen LogP contribution >= 0.6 is 0 Å². The highest BCUT2D eigenvalue weighted by molar-refractivity contribution is 5.76. The molecule has 1 aliphatic heterocycles. The van der Waals surface area contributed by atoms with E-state index in [0.29, 0.717) is 6.61 Å². The SMILES string of the molecule is CCOC(=O)[C@@H]1CCCN1C(C)c1ccccc1. The van der Waals surface area contributed by atoms with Crippen molar-refractivity contribution in [3.8, 4) is 0 Å². The molecule has 18 heavy (non-hydrogen) atoms. The summed E-state index contributed by atoms with van der Waals surface area (Å²) in [5, 5.41) is 0. The zero-order chi connectivity index (χ0) is 13.0. The summed E-state index contributed by atoms with van der Waals surface area (Å²) in [6, 6.07) is 10.5. The number of hydrogen-bond donors (Lipinski definition) is 0. The van der Waals surface area contributed by atoms with Crippen LogP contribution in [-0.4, -0.2) is 30.1 Å². The molecule has 98 valence electrons. The van der Waals surface area contributed by atoms with Crippen LogP contribution in [-0.2, 0) is 9.53 Å². The predicted molar refractivity (Wildman–Crippen MR) is 71.2 cm³/mol. The Labute approximate surface area is 109 Å². The lowest BCUT2D eigenvalue weighted by molar-refractivity contribution is -0.149. The summed E-state index contributed by atoms with van der Waals surface area (Å²) >= 11 is 0. The highest BCUT2D eigenvalue weighted by Gasteiger charge is 2.34. The van der Waals surface area contributed by atoms with Crippen molar-refractivity contribution >= 4 is 5.97 Å². The summed E-state index contributed by atoms with van der Waals surface area (Å²) in [6.07, 6.45) is 1.98. The van der Waals surface area contributed by atoms with Gasteiger partial charge in [0.2, 0.25) is 0 Å². The van der Waals surface area contributed by atoms with Crippen molar-refractivity contribution in [3.05, 3.63) is 35.9 Å². The fourth-order valence-corrected chi connectivity index (χ4v) is 2.67. The van der Waals surface area contributed by atoms with E-state index in [1.54, 1.807) is 0 Å². The largest absolute Gasteiger partial charge is 0.465 e. The summed E-state index contributed by atoms with van der Waals surface area (Å²) in [5.74, 6) is -0.0715. The van der Waals surface area contributed by atoms with Gasteiger partial charge in [-0.2, -0.15) is 0 Å². The van der Waals surface area contributed by atoms with Gasteiger partial charge in [0.1, 0.15) is 6.04 Å². The average molecular weight is 247 g/mol. The second-order valence-electron chi connectivity index (χ2n) is 4.73. The molecule has 2 atom stereocenters. The van der Waals surface area contributed by atoms with Gasteiger partial charge in [0, 0.05) is 6.04 Å². The fraction of sp³-hybridized carbons (Fsp3) is 0.533. The molecule has 0 bridgehead atoms. The average Bonchev–Trinajstić information content (AvgIpc) is 2.88. The molecule has 1 heterocycles. The number of carbonyl (C=O) groups is 1. The van der Waals surface area contributed by atoms with E-state index in [4.69, 9.17) is 4.74 Å². The van der Waals surface area contributed by atoms with Gasteiger partial charge in [-0.1, -0.05) is 30.3 Å². The van der Waals surface area contributed by atoms with Gasteiger partial charge in [0.15, 0.2) is 0 Å². The maximum Gasteiger partial charge on any atom is 0.323 e. The number of rotatable bonds is 4. The van der Waals surface area contributed by atoms with Crippen molar-refractivity contribution in [2.75, 3.05) is 13.2 Å². The molecule has 1 unspecified atom stereocenters. The molecule has 0 N–H and O–H groups in total. The molecule has 3 heteroatoms. The first kappa shape index (κ1) is 13.1. The first-order chi connectivity index (χ1) is 8.74. The zero-order valence-electron chi connectivity index (χ0n) is 11.1. The Bertz CT molecular complexity index is 391. The number of benzene rings is 1. The Morgan fingerprint density at radius 2 is 2.17 bits per heavy atom. The standard InChI is InChI=1S/C15H21NO2/c1-3-18-15(17)14-10-7-11-16(14)12(2)13-8-5-4-6-9-13/h4-6,8-9,12,14H,3,7,10-11H2,1-2H3/t12?,14-/m0/s1. The lowest BCUT2D eigenvalue weighted by Crippen LogP contribution is -2.38. The lowest BCUT2D eigenvalue weighted by Gasteiger charge is -2.29. The number of esters is 1.